The molecule has 1 N–H and O–H groups in total. The maximum atomic E-state index is 15.0. The van der Waals surface area contributed by atoms with Crippen molar-refractivity contribution in [3.05, 3.63) is 82.2 Å². The van der Waals surface area contributed by atoms with Crippen LogP contribution in [0.1, 0.15) is 25.1 Å². The van der Waals surface area contributed by atoms with Crippen LogP contribution < -0.4 is 10.1 Å². The van der Waals surface area contributed by atoms with Crippen molar-refractivity contribution in [2.75, 3.05) is 5.32 Å². The van der Waals surface area contributed by atoms with Crippen LogP contribution in [0.15, 0.2) is 55.0 Å². The molecule has 0 aliphatic rings. The molecule has 0 spiro atoms. The number of aryl methyl sites for hydroxylation is 1. The fourth-order valence-corrected chi connectivity index (χ4v) is 2.90. The fraction of sp³-hybridized carbons (Fsp3) is 0.174. The van der Waals surface area contributed by atoms with Crippen LogP contribution in [0.2, 0.25) is 0 Å². The summed E-state index contributed by atoms with van der Waals surface area (Å²) < 4.78 is 20.7. The Morgan fingerprint density at radius 2 is 1.81 bits per heavy atom. The molecule has 0 aliphatic carbocycles. The molecule has 8 nitrogen and oxygen atoms in total. The van der Waals surface area contributed by atoms with Crippen LogP contribution in [0.3, 0.4) is 0 Å². The lowest BCUT2D eigenvalue weighted by Gasteiger charge is -2.14. The van der Waals surface area contributed by atoms with Gasteiger partial charge in [-0.15, -0.1) is 0 Å². The molecule has 0 amide bonds. The van der Waals surface area contributed by atoms with Gasteiger partial charge in [0.15, 0.2) is 5.82 Å². The van der Waals surface area contributed by atoms with Gasteiger partial charge in [0.2, 0.25) is 0 Å². The van der Waals surface area contributed by atoms with E-state index in [1.165, 1.54) is 30.6 Å². The van der Waals surface area contributed by atoms with Crippen molar-refractivity contribution in [3.63, 3.8) is 0 Å². The summed E-state index contributed by atoms with van der Waals surface area (Å²) in [6.07, 6.45) is 2.88. The lowest BCUT2D eigenvalue weighted by molar-refractivity contribution is -0.384. The highest BCUT2D eigenvalue weighted by Crippen LogP contribution is 2.33. The molecule has 4 rings (SSSR count). The first-order valence-corrected chi connectivity index (χ1v) is 9.98. The second kappa shape index (κ2) is 9.78. The van der Waals surface area contributed by atoms with Gasteiger partial charge in [-0.05, 0) is 44.2 Å². The molecule has 2 heterocycles. The first-order chi connectivity index (χ1) is 15.4. The molecule has 0 saturated carbocycles. The molecular weight excluding hydrogens is 413 g/mol. The largest absolute Gasteiger partial charge is 0.455 e. The highest BCUT2D eigenvalue weighted by molar-refractivity contribution is 5.92. The highest BCUT2D eigenvalue weighted by Gasteiger charge is 2.15. The number of benzene rings is 2. The van der Waals surface area contributed by atoms with E-state index in [9.17, 15) is 10.1 Å². The van der Waals surface area contributed by atoms with E-state index in [2.05, 4.69) is 20.3 Å². The standard InChI is InChI=1S/C21H16FN5O3.C2H6/c1-12-3-5-15(10-23-12)30-19-8-7-18(20(22)13(19)2)26-21-16-9-14(27(28)29)4-6-17(16)24-11-25-21;1-2/h3-11H,1-2H3,(H,24,25,26);1-2H3. The summed E-state index contributed by atoms with van der Waals surface area (Å²) in [6, 6.07) is 10.9. The molecule has 164 valence electrons. The summed E-state index contributed by atoms with van der Waals surface area (Å²) in [6.45, 7) is 7.46. The molecule has 32 heavy (non-hydrogen) atoms. The molecule has 0 aliphatic heterocycles. The first-order valence-electron chi connectivity index (χ1n) is 9.98. The molecule has 0 fully saturated rings. The van der Waals surface area contributed by atoms with E-state index in [0.717, 1.165) is 5.69 Å². The van der Waals surface area contributed by atoms with Gasteiger partial charge in [0.1, 0.15) is 23.6 Å². The number of halogens is 1. The molecule has 0 unspecified atom stereocenters. The average molecular weight is 435 g/mol. The number of aromatic nitrogens is 3. The van der Waals surface area contributed by atoms with Crippen molar-refractivity contribution in [2.45, 2.75) is 27.7 Å². The number of rotatable bonds is 5. The second-order valence-corrected chi connectivity index (χ2v) is 6.59. The Balaban J connectivity index is 0.00000141. The van der Waals surface area contributed by atoms with Crippen LogP contribution in [0, 0.1) is 29.8 Å². The van der Waals surface area contributed by atoms with Crippen LogP contribution in [-0.2, 0) is 0 Å². The Morgan fingerprint density at radius 3 is 2.50 bits per heavy atom. The summed E-state index contributed by atoms with van der Waals surface area (Å²) in [5, 5.41) is 14.4. The second-order valence-electron chi connectivity index (χ2n) is 6.59. The van der Waals surface area contributed by atoms with Gasteiger partial charge in [0.05, 0.1) is 22.3 Å². The summed E-state index contributed by atoms with van der Waals surface area (Å²) in [7, 11) is 0. The summed E-state index contributed by atoms with van der Waals surface area (Å²) in [4.78, 5) is 23.0. The Hall–Kier alpha value is -4.14. The maximum absolute atomic E-state index is 15.0. The van der Waals surface area contributed by atoms with E-state index in [0.29, 0.717) is 28.0 Å². The summed E-state index contributed by atoms with van der Waals surface area (Å²) >= 11 is 0. The topological polar surface area (TPSA) is 103 Å². The average Bonchev–Trinajstić information content (AvgIpc) is 2.81. The summed E-state index contributed by atoms with van der Waals surface area (Å²) in [5.41, 5.74) is 1.70. The molecule has 2 aromatic carbocycles. The van der Waals surface area contributed by atoms with Crippen LogP contribution in [0.4, 0.5) is 21.6 Å². The summed E-state index contributed by atoms with van der Waals surface area (Å²) in [5.74, 6) is 0.591. The van der Waals surface area contributed by atoms with Gasteiger partial charge in [-0.2, -0.15) is 0 Å². The van der Waals surface area contributed by atoms with E-state index < -0.39 is 10.7 Å². The zero-order valence-electron chi connectivity index (χ0n) is 18.1. The minimum Gasteiger partial charge on any atom is -0.455 e. The van der Waals surface area contributed by atoms with Crippen molar-refractivity contribution in [2.24, 2.45) is 0 Å². The van der Waals surface area contributed by atoms with E-state index in [4.69, 9.17) is 4.74 Å². The monoisotopic (exact) mass is 435 g/mol. The number of anilines is 2. The number of fused-ring (bicyclic) bond motifs is 1. The van der Waals surface area contributed by atoms with Crippen molar-refractivity contribution >= 4 is 28.1 Å². The number of hydrogen-bond acceptors (Lipinski definition) is 7. The smallest absolute Gasteiger partial charge is 0.270 e. The van der Waals surface area contributed by atoms with Gasteiger partial charge in [-0.3, -0.25) is 15.1 Å². The van der Waals surface area contributed by atoms with Crippen LogP contribution in [0.5, 0.6) is 11.5 Å². The van der Waals surface area contributed by atoms with Gasteiger partial charge in [0.25, 0.3) is 5.69 Å². The molecule has 4 aromatic rings. The SMILES string of the molecule is CC.Cc1ccc(Oc2ccc(Nc3ncnc4ccc([N+](=O)[O-])cc34)c(F)c2C)cn1. The highest BCUT2D eigenvalue weighted by atomic mass is 19.1. The van der Waals surface area contributed by atoms with E-state index in [-0.39, 0.29) is 17.2 Å². The quantitative estimate of drug-likeness (QED) is 0.292. The third-order valence-corrected chi connectivity index (χ3v) is 4.53. The lowest BCUT2D eigenvalue weighted by Crippen LogP contribution is -2.01. The Labute approximate surface area is 184 Å². The van der Waals surface area contributed by atoms with Gasteiger partial charge in [-0.25, -0.2) is 14.4 Å². The number of nitrogens with zero attached hydrogens (tertiary/aromatic N) is 4. The van der Waals surface area contributed by atoms with Crippen molar-refractivity contribution in [1.82, 2.24) is 15.0 Å². The molecule has 0 radical (unpaired) electrons. The number of nitro benzene ring substituents is 1. The van der Waals surface area contributed by atoms with Crippen LogP contribution in [-0.4, -0.2) is 19.9 Å². The third kappa shape index (κ3) is 4.77. The van der Waals surface area contributed by atoms with Crippen LogP contribution in [0.25, 0.3) is 10.9 Å². The van der Waals surface area contributed by atoms with Gasteiger partial charge in [0, 0.05) is 28.8 Å². The van der Waals surface area contributed by atoms with Gasteiger partial charge in [-0.1, -0.05) is 13.8 Å². The van der Waals surface area contributed by atoms with Crippen molar-refractivity contribution < 1.29 is 14.1 Å². The molecule has 9 heteroatoms. The molecular formula is C23H22FN5O3. The number of hydrogen-bond donors (Lipinski definition) is 1. The minimum atomic E-state index is -0.523. The molecule has 0 bridgehead atoms. The van der Waals surface area contributed by atoms with E-state index in [1.807, 2.05) is 20.8 Å². The number of pyridine rings is 1. The number of nitro groups is 1. The van der Waals surface area contributed by atoms with Gasteiger partial charge >= 0.3 is 0 Å². The lowest BCUT2D eigenvalue weighted by atomic mass is 10.1. The predicted molar refractivity (Wildman–Crippen MR) is 121 cm³/mol. The predicted octanol–water partition coefficient (Wildman–Crippen LogP) is 6.25. The maximum Gasteiger partial charge on any atom is 0.270 e. The zero-order chi connectivity index (χ0) is 23.3. The van der Waals surface area contributed by atoms with Gasteiger partial charge < -0.3 is 10.1 Å². The molecule has 0 atom stereocenters. The third-order valence-electron chi connectivity index (χ3n) is 4.53. The molecule has 0 saturated heterocycles. The Bertz CT molecular complexity index is 1260. The van der Waals surface area contributed by atoms with E-state index in [1.54, 1.807) is 31.3 Å². The minimum absolute atomic E-state index is 0.104. The normalized spacial score (nSPS) is 10.3. The number of nitrogens with one attached hydrogen (secondary N) is 1. The van der Waals surface area contributed by atoms with Crippen molar-refractivity contribution in [3.8, 4) is 11.5 Å². The fourth-order valence-electron chi connectivity index (χ4n) is 2.90. The van der Waals surface area contributed by atoms with E-state index >= 15 is 4.39 Å². The van der Waals surface area contributed by atoms with Crippen LogP contribution >= 0.6 is 0 Å². The first kappa shape index (κ1) is 22.5. The number of ether oxygens (including phenoxy) is 1. The zero-order valence-corrected chi connectivity index (χ0v) is 18.1. The Kier molecular flexibility index (Phi) is 6.89. The number of non-ortho nitro benzene ring substituents is 1. The Morgan fingerprint density at radius 1 is 1.03 bits per heavy atom. The van der Waals surface area contributed by atoms with Crippen molar-refractivity contribution in [1.29, 1.82) is 0 Å². The molecule has 2 aromatic heterocycles.